The van der Waals surface area contributed by atoms with Crippen molar-refractivity contribution in [2.45, 2.75) is 39.3 Å². The Morgan fingerprint density at radius 3 is 2.67 bits per heavy atom. The maximum atomic E-state index is 13.3. The van der Waals surface area contributed by atoms with Crippen molar-refractivity contribution >= 4 is 12.0 Å². The SMILES string of the molecule is COc1cc(/C=C2\OC(C)(C)CN([C@@H](C)c3ccc(F)nc3)C2=O)ccc1-n1cnc(C)c1. The number of halogens is 1. The highest BCUT2D eigenvalue weighted by Gasteiger charge is 2.39. The Morgan fingerprint density at radius 1 is 1.24 bits per heavy atom. The van der Waals surface area contributed by atoms with E-state index in [-0.39, 0.29) is 17.7 Å². The normalized spacial score (nSPS) is 17.7. The standard InChI is InChI=1S/C25H27FN4O3/c1-16-13-29(15-28-16)20-8-6-18(10-21(20)32-5)11-22-24(31)30(14-25(3,4)33-22)17(2)19-7-9-23(26)27-12-19/h6-13,15,17H,14H2,1-5H3/b22-11-/t17-/m0/s1. The summed E-state index contributed by atoms with van der Waals surface area (Å²) >= 11 is 0. The highest BCUT2D eigenvalue weighted by Crippen LogP contribution is 2.33. The summed E-state index contributed by atoms with van der Waals surface area (Å²) in [5, 5.41) is 0. The maximum Gasteiger partial charge on any atom is 0.289 e. The minimum absolute atomic E-state index is 0.237. The first-order valence-corrected chi connectivity index (χ1v) is 10.7. The molecule has 4 rings (SSSR count). The highest BCUT2D eigenvalue weighted by atomic mass is 19.1. The number of hydrogen-bond donors (Lipinski definition) is 0. The number of hydrogen-bond acceptors (Lipinski definition) is 5. The Labute approximate surface area is 192 Å². The van der Waals surface area contributed by atoms with E-state index in [1.165, 1.54) is 12.3 Å². The summed E-state index contributed by atoms with van der Waals surface area (Å²) in [4.78, 5) is 23.1. The Balaban J connectivity index is 1.66. The van der Waals surface area contributed by atoms with E-state index in [9.17, 15) is 9.18 Å². The number of amides is 1. The Bertz CT molecular complexity index is 1200. The molecule has 1 atom stereocenters. The smallest absolute Gasteiger partial charge is 0.289 e. The molecule has 1 amide bonds. The summed E-state index contributed by atoms with van der Waals surface area (Å²) in [6.45, 7) is 8.08. The van der Waals surface area contributed by atoms with Crippen LogP contribution < -0.4 is 4.74 Å². The lowest BCUT2D eigenvalue weighted by Crippen LogP contribution is -2.51. The van der Waals surface area contributed by atoms with Gasteiger partial charge in [-0.15, -0.1) is 0 Å². The van der Waals surface area contributed by atoms with Crippen molar-refractivity contribution in [2.24, 2.45) is 0 Å². The van der Waals surface area contributed by atoms with Gasteiger partial charge in [-0.05, 0) is 63.1 Å². The fourth-order valence-corrected chi connectivity index (χ4v) is 3.92. The van der Waals surface area contributed by atoms with Crippen molar-refractivity contribution in [1.82, 2.24) is 19.4 Å². The number of aryl methyl sites for hydroxylation is 1. The first-order valence-electron chi connectivity index (χ1n) is 10.7. The summed E-state index contributed by atoms with van der Waals surface area (Å²) in [6, 6.07) is 8.32. The second kappa shape index (κ2) is 8.69. The van der Waals surface area contributed by atoms with E-state index >= 15 is 0 Å². The predicted octanol–water partition coefficient (Wildman–Crippen LogP) is 4.46. The molecule has 1 saturated heterocycles. The molecule has 1 fully saturated rings. The molecule has 0 unspecified atom stereocenters. The van der Waals surface area contributed by atoms with Gasteiger partial charge in [0.1, 0.15) is 11.4 Å². The highest BCUT2D eigenvalue weighted by molar-refractivity contribution is 5.97. The summed E-state index contributed by atoms with van der Waals surface area (Å²) < 4.78 is 26.8. The van der Waals surface area contributed by atoms with Crippen molar-refractivity contribution in [3.63, 3.8) is 0 Å². The minimum Gasteiger partial charge on any atom is -0.495 e. The predicted molar refractivity (Wildman–Crippen MR) is 122 cm³/mol. The van der Waals surface area contributed by atoms with E-state index < -0.39 is 11.5 Å². The number of imidazole rings is 1. The lowest BCUT2D eigenvalue weighted by atomic mass is 10.0. The molecule has 0 radical (unpaired) electrons. The van der Waals surface area contributed by atoms with Crippen LogP contribution in [-0.4, -0.2) is 44.6 Å². The molecule has 3 heterocycles. The molecule has 172 valence electrons. The average molecular weight is 451 g/mol. The fourth-order valence-electron chi connectivity index (χ4n) is 3.92. The van der Waals surface area contributed by atoms with Gasteiger partial charge >= 0.3 is 0 Å². The Hall–Kier alpha value is -3.68. The quantitative estimate of drug-likeness (QED) is 0.424. The van der Waals surface area contributed by atoms with E-state index in [2.05, 4.69) is 9.97 Å². The van der Waals surface area contributed by atoms with Crippen molar-refractivity contribution in [3.05, 3.63) is 77.6 Å². The van der Waals surface area contributed by atoms with Crippen LogP contribution in [0.15, 0.2) is 54.8 Å². The summed E-state index contributed by atoms with van der Waals surface area (Å²) in [7, 11) is 1.60. The van der Waals surface area contributed by atoms with Crippen molar-refractivity contribution < 1.29 is 18.7 Å². The zero-order valence-corrected chi connectivity index (χ0v) is 19.4. The first kappa shape index (κ1) is 22.5. The van der Waals surface area contributed by atoms with Crippen LogP contribution in [-0.2, 0) is 9.53 Å². The van der Waals surface area contributed by atoms with Crippen LogP contribution in [0.5, 0.6) is 5.75 Å². The van der Waals surface area contributed by atoms with Crippen LogP contribution in [0.25, 0.3) is 11.8 Å². The molecule has 3 aromatic rings. The first-order chi connectivity index (χ1) is 15.7. The number of morpholine rings is 1. The molecular weight excluding hydrogens is 423 g/mol. The van der Waals surface area contributed by atoms with Crippen LogP contribution in [0.3, 0.4) is 0 Å². The second-order valence-electron chi connectivity index (χ2n) is 8.75. The minimum atomic E-state index is -0.597. The zero-order chi connectivity index (χ0) is 23.8. The molecule has 0 spiro atoms. The van der Waals surface area contributed by atoms with Crippen molar-refractivity contribution in [2.75, 3.05) is 13.7 Å². The average Bonchev–Trinajstić information content (AvgIpc) is 3.21. The molecular formula is C25H27FN4O3. The zero-order valence-electron chi connectivity index (χ0n) is 19.4. The largest absolute Gasteiger partial charge is 0.495 e. The third-order valence-corrected chi connectivity index (χ3v) is 5.60. The number of benzene rings is 1. The lowest BCUT2D eigenvalue weighted by molar-refractivity contribution is -0.149. The molecule has 0 bridgehead atoms. The fraction of sp³-hybridized carbons (Fsp3) is 0.320. The van der Waals surface area contributed by atoms with Gasteiger partial charge in [0.15, 0.2) is 5.76 Å². The Morgan fingerprint density at radius 2 is 2.03 bits per heavy atom. The van der Waals surface area contributed by atoms with Gasteiger partial charge in [0.2, 0.25) is 5.95 Å². The van der Waals surface area contributed by atoms with Gasteiger partial charge in [-0.2, -0.15) is 4.39 Å². The van der Waals surface area contributed by atoms with Gasteiger partial charge in [0, 0.05) is 12.4 Å². The maximum absolute atomic E-state index is 13.3. The number of methoxy groups -OCH3 is 1. The number of nitrogens with zero attached hydrogens (tertiary/aromatic N) is 4. The molecule has 0 saturated carbocycles. The van der Waals surface area contributed by atoms with E-state index in [0.717, 1.165) is 22.5 Å². The molecule has 33 heavy (non-hydrogen) atoms. The van der Waals surface area contributed by atoms with Gasteiger partial charge in [-0.1, -0.05) is 12.1 Å². The number of rotatable bonds is 5. The van der Waals surface area contributed by atoms with Gasteiger partial charge in [-0.25, -0.2) is 9.97 Å². The summed E-state index contributed by atoms with van der Waals surface area (Å²) in [6.07, 6.45) is 6.82. The van der Waals surface area contributed by atoms with Gasteiger partial charge in [-0.3, -0.25) is 4.79 Å². The second-order valence-corrected chi connectivity index (χ2v) is 8.75. The third kappa shape index (κ3) is 4.74. The number of pyridine rings is 1. The molecule has 8 heteroatoms. The monoisotopic (exact) mass is 450 g/mol. The number of carbonyl (C=O) groups is 1. The number of ether oxygens (including phenoxy) is 2. The van der Waals surface area contributed by atoms with Gasteiger partial charge in [0.25, 0.3) is 5.91 Å². The molecule has 1 aliphatic rings. The van der Waals surface area contributed by atoms with Crippen LogP contribution in [0, 0.1) is 12.9 Å². The van der Waals surface area contributed by atoms with Crippen LogP contribution in [0.2, 0.25) is 0 Å². The molecule has 7 nitrogen and oxygen atoms in total. The molecule has 1 aliphatic heterocycles. The van der Waals surface area contributed by atoms with Crippen molar-refractivity contribution in [3.8, 4) is 11.4 Å². The number of aromatic nitrogens is 3. The van der Waals surface area contributed by atoms with Crippen LogP contribution in [0.1, 0.15) is 43.6 Å². The Kier molecular flexibility index (Phi) is 5.93. The number of carbonyl (C=O) groups excluding carboxylic acids is 1. The van der Waals surface area contributed by atoms with Gasteiger partial charge < -0.3 is 18.9 Å². The third-order valence-electron chi connectivity index (χ3n) is 5.60. The molecule has 0 N–H and O–H groups in total. The van der Waals surface area contributed by atoms with Crippen molar-refractivity contribution in [1.29, 1.82) is 0 Å². The molecule has 0 aliphatic carbocycles. The molecule has 2 aromatic heterocycles. The van der Waals surface area contributed by atoms with Gasteiger partial charge in [0.05, 0.1) is 37.4 Å². The summed E-state index contributed by atoms with van der Waals surface area (Å²) in [5.41, 5.74) is 2.67. The van der Waals surface area contributed by atoms with E-state index in [1.54, 1.807) is 30.5 Å². The van der Waals surface area contributed by atoms with Crippen LogP contribution in [0.4, 0.5) is 4.39 Å². The topological polar surface area (TPSA) is 69.5 Å². The van der Waals surface area contributed by atoms with Crippen LogP contribution >= 0.6 is 0 Å². The summed E-state index contributed by atoms with van der Waals surface area (Å²) in [5.74, 6) is 0.0937. The van der Waals surface area contributed by atoms with E-state index in [1.807, 2.05) is 56.7 Å². The van der Waals surface area contributed by atoms with E-state index in [0.29, 0.717) is 12.3 Å². The molecule has 1 aromatic carbocycles. The van der Waals surface area contributed by atoms with E-state index in [4.69, 9.17) is 9.47 Å². The lowest BCUT2D eigenvalue weighted by Gasteiger charge is -2.42.